The number of amides is 1. The first-order chi connectivity index (χ1) is 9.06. The Labute approximate surface area is 119 Å². The van der Waals surface area contributed by atoms with E-state index in [4.69, 9.17) is 0 Å². The summed E-state index contributed by atoms with van der Waals surface area (Å²) in [5.74, 6) is -1.42. The molecule has 0 bridgehead atoms. The van der Waals surface area contributed by atoms with E-state index in [2.05, 4.69) is 15.9 Å². The molecule has 5 heteroatoms. The van der Waals surface area contributed by atoms with Crippen LogP contribution >= 0.6 is 15.9 Å². The maximum absolute atomic E-state index is 14.0. The second-order valence-electron chi connectivity index (χ2n) is 4.58. The first kappa shape index (κ1) is 14.2. The Balaban J connectivity index is 2.32. The summed E-state index contributed by atoms with van der Waals surface area (Å²) in [4.78, 5) is 25.5. The lowest BCUT2D eigenvalue weighted by Crippen LogP contribution is -2.44. The average Bonchev–Trinajstić information content (AvgIpc) is 2.42. The van der Waals surface area contributed by atoms with Crippen LogP contribution in [-0.2, 0) is 9.59 Å². The topological polar surface area (TPSA) is 37.4 Å². The molecule has 0 aliphatic carbocycles. The van der Waals surface area contributed by atoms with E-state index in [0.29, 0.717) is 30.3 Å². The van der Waals surface area contributed by atoms with Crippen molar-refractivity contribution in [2.75, 3.05) is 11.4 Å². The molecule has 2 rings (SSSR count). The van der Waals surface area contributed by atoms with E-state index < -0.39 is 11.7 Å². The number of halogens is 2. The van der Waals surface area contributed by atoms with Crippen LogP contribution in [0.1, 0.15) is 26.2 Å². The first-order valence-corrected chi connectivity index (χ1v) is 7.13. The highest BCUT2D eigenvalue weighted by Crippen LogP contribution is 2.30. The Morgan fingerprint density at radius 3 is 2.95 bits per heavy atom. The zero-order valence-corrected chi connectivity index (χ0v) is 12.2. The van der Waals surface area contributed by atoms with Crippen LogP contribution < -0.4 is 4.90 Å². The van der Waals surface area contributed by atoms with Gasteiger partial charge in [-0.1, -0.05) is 13.0 Å². The van der Waals surface area contributed by atoms with E-state index >= 15 is 0 Å². The highest BCUT2D eigenvalue weighted by atomic mass is 79.9. The SMILES string of the molecule is CCC(=O)[C@@H]1CCCN(c2cccc(Br)c2F)C1=O. The number of nitrogens with zero attached hydrogens (tertiary/aromatic N) is 1. The van der Waals surface area contributed by atoms with Crippen molar-refractivity contribution in [3.05, 3.63) is 28.5 Å². The molecular formula is C14H15BrFNO2. The predicted octanol–water partition coefficient (Wildman–Crippen LogP) is 3.31. The third kappa shape index (κ3) is 2.71. The number of Topliss-reactive ketones (excluding diaryl/α,β-unsaturated/α-hetero) is 1. The molecule has 1 atom stereocenters. The van der Waals surface area contributed by atoms with Gasteiger partial charge in [0.25, 0.3) is 0 Å². The Morgan fingerprint density at radius 1 is 1.53 bits per heavy atom. The minimum atomic E-state index is -0.614. The Hall–Kier alpha value is -1.23. The fraction of sp³-hybridized carbons (Fsp3) is 0.429. The zero-order chi connectivity index (χ0) is 14.0. The maximum atomic E-state index is 14.0. The smallest absolute Gasteiger partial charge is 0.237 e. The van der Waals surface area contributed by atoms with Crippen LogP contribution in [0, 0.1) is 11.7 Å². The molecule has 1 aliphatic rings. The quantitative estimate of drug-likeness (QED) is 0.799. The van der Waals surface area contributed by atoms with Crippen LogP contribution in [0.2, 0.25) is 0 Å². The van der Waals surface area contributed by atoms with Gasteiger partial charge in [-0.25, -0.2) is 4.39 Å². The number of piperidine rings is 1. The number of benzene rings is 1. The summed E-state index contributed by atoms with van der Waals surface area (Å²) in [5.41, 5.74) is 0.243. The molecule has 1 aromatic carbocycles. The van der Waals surface area contributed by atoms with Crippen molar-refractivity contribution in [1.82, 2.24) is 0 Å². The van der Waals surface area contributed by atoms with E-state index in [1.54, 1.807) is 25.1 Å². The molecule has 0 radical (unpaired) electrons. The molecule has 1 saturated heterocycles. The van der Waals surface area contributed by atoms with Crippen LogP contribution in [0.4, 0.5) is 10.1 Å². The third-order valence-electron chi connectivity index (χ3n) is 3.40. The molecule has 0 N–H and O–H groups in total. The summed E-state index contributed by atoms with van der Waals surface area (Å²) in [6.07, 6.45) is 1.62. The van der Waals surface area contributed by atoms with Gasteiger partial charge in [0.1, 0.15) is 5.78 Å². The van der Waals surface area contributed by atoms with Gasteiger partial charge in [-0.15, -0.1) is 0 Å². The molecule has 0 spiro atoms. The van der Waals surface area contributed by atoms with E-state index in [0.717, 1.165) is 0 Å². The van der Waals surface area contributed by atoms with Gasteiger partial charge in [-0.2, -0.15) is 0 Å². The number of hydrogen-bond donors (Lipinski definition) is 0. The summed E-state index contributed by atoms with van der Waals surface area (Å²) in [5, 5.41) is 0. The van der Waals surface area contributed by atoms with Gasteiger partial charge in [0.15, 0.2) is 5.82 Å². The lowest BCUT2D eigenvalue weighted by Gasteiger charge is -2.31. The lowest BCUT2D eigenvalue weighted by atomic mass is 9.91. The first-order valence-electron chi connectivity index (χ1n) is 6.34. The molecular weight excluding hydrogens is 313 g/mol. The van der Waals surface area contributed by atoms with E-state index in [-0.39, 0.29) is 17.4 Å². The number of carbonyl (C=O) groups excluding carboxylic acids is 2. The second kappa shape index (κ2) is 5.82. The fourth-order valence-corrected chi connectivity index (χ4v) is 2.72. The normalized spacial score (nSPS) is 19.6. The van der Waals surface area contributed by atoms with Gasteiger partial charge < -0.3 is 4.90 Å². The zero-order valence-electron chi connectivity index (χ0n) is 10.7. The summed E-state index contributed by atoms with van der Waals surface area (Å²) < 4.78 is 14.4. The molecule has 0 unspecified atom stereocenters. The fourth-order valence-electron chi connectivity index (χ4n) is 2.36. The van der Waals surface area contributed by atoms with Crippen molar-refractivity contribution in [3.8, 4) is 0 Å². The van der Waals surface area contributed by atoms with Crippen LogP contribution in [0.15, 0.2) is 22.7 Å². The van der Waals surface area contributed by atoms with Crippen molar-refractivity contribution < 1.29 is 14.0 Å². The van der Waals surface area contributed by atoms with Crippen molar-refractivity contribution in [3.63, 3.8) is 0 Å². The second-order valence-corrected chi connectivity index (χ2v) is 5.43. The van der Waals surface area contributed by atoms with Crippen molar-refractivity contribution in [2.24, 2.45) is 5.92 Å². The summed E-state index contributed by atoms with van der Waals surface area (Å²) in [7, 11) is 0. The molecule has 3 nitrogen and oxygen atoms in total. The number of anilines is 1. The predicted molar refractivity (Wildman–Crippen MR) is 74.5 cm³/mol. The number of ketones is 1. The minimum absolute atomic E-state index is 0.0647. The average molecular weight is 328 g/mol. The number of rotatable bonds is 3. The molecule has 102 valence electrons. The van der Waals surface area contributed by atoms with Crippen LogP contribution in [0.5, 0.6) is 0 Å². The van der Waals surface area contributed by atoms with Gasteiger partial charge in [-0.3, -0.25) is 9.59 Å². The standard InChI is InChI=1S/C14H15BrFNO2/c1-2-12(18)9-5-4-8-17(14(9)19)11-7-3-6-10(15)13(11)16/h3,6-7,9H,2,4-5,8H2,1H3/t9-/m0/s1. The molecule has 1 aliphatic heterocycles. The maximum Gasteiger partial charge on any atom is 0.237 e. The molecule has 1 amide bonds. The Morgan fingerprint density at radius 2 is 2.26 bits per heavy atom. The van der Waals surface area contributed by atoms with Gasteiger partial charge >= 0.3 is 0 Å². The number of carbonyl (C=O) groups is 2. The van der Waals surface area contributed by atoms with Crippen LogP contribution in [-0.4, -0.2) is 18.2 Å². The largest absolute Gasteiger partial charge is 0.309 e. The summed E-state index contributed by atoms with van der Waals surface area (Å²) in [6, 6.07) is 4.83. The molecule has 1 aromatic rings. The lowest BCUT2D eigenvalue weighted by molar-refractivity contribution is -0.133. The highest BCUT2D eigenvalue weighted by Gasteiger charge is 2.34. The summed E-state index contributed by atoms with van der Waals surface area (Å²) in [6.45, 7) is 2.20. The minimum Gasteiger partial charge on any atom is -0.309 e. The van der Waals surface area contributed by atoms with E-state index in [1.807, 2.05) is 0 Å². The van der Waals surface area contributed by atoms with Crippen LogP contribution in [0.3, 0.4) is 0 Å². The number of hydrogen-bond acceptors (Lipinski definition) is 2. The molecule has 0 saturated carbocycles. The van der Waals surface area contributed by atoms with Crippen molar-refractivity contribution in [1.29, 1.82) is 0 Å². The summed E-state index contributed by atoms with van der Waals surface area (Å²) >= 11 is 3.11. The molecule has 1 fully saturated rings. The Bertz CT molecular complexity index is 518. The molecule has 19 heavy (non-hydrogen) atoms. The Kier molecular flexibility index (Phi) is 4.34. The van der Waals surface area contributed by atoms with Gasteiger partial charge in [0, 0.05) is 13.0 Å². The van der Waals surface area contributed by atoms with Crippen LogP contribution in [0.25, 0.3) is 0 Å². The van der Waals surface area contributed by atoms with Gasteiger partial charge in [-0.05, 0) is 40.9 Å². The highest BCUT2D eigenvalue weighted by molar-refractivity contribution is 9.10. The molecule has 0 aromatic heterocycles. The van der Waals surface area contributed by atoms with Gasteiger partial charge in [0.05, 0.1) is 16.1 Å². The third-order valence-corrected chi connectivity index (χ3v) is 4.01. The van der Waals surface area contributed by atoms with E-state index in [1.165, 1.54) is 4.90 Å². The van der Waals surface area contributed by atoms with Gasteiger partial charge in [0.2, 0.25) is 5.91 Å². The van der Waals surface area contributed by atoms with Crippen molar-refractivity contribution in [2.45, 2.75) is 26.2 Å². The van der Waals surface area contributed by atoms with E-state index in [9.17, 15) is 14.0 Å². The van der Waals surface area contributed by atoms with Crippen molar-refractivity contribution >= 4 is 33.3 Å². The molecule has 1 heterocycles. The monoisotopic (exact) mass is 327 g/mol.